The Bertz CT molecular complexity index is 227. The number of rotatable bonds is 4. The minimum Gasteiger partial charge on any atom is -0.306 e. The summed E-state index contributed by atoms with van der Waals surface area (Å²) in [5.41, 5.74) is 1.36. The quantitative estimate of drug-likeness (QED) is 0.670. The first-order chi connectivity index (χ1) is 7.60. The van der Waals surface area contributed by atoms with E-state index in [9.17, 15) is 0 Å². The van der Waals surface area contributed by atoms with E-state index in [1.54, 1.807) is 0 Å². The van der Waals surface area contributed by atoms with Crippen LogP contribution in [0, 0.1) is 17.8 Å². The van der Waals surface area contributed by atoms with Crippen LogP contribution >= 0.6 is 0 Å². The summed E-state index contributed by atoms with van der Waals surface area (Å²) in [5.74, 6) is 2.34. The van der Waals surface area contributed by atoms with Gasteiger partial charge >= 0.3 is 0 Å². The fourth-order valence-electron chi connectivity index (χ4n) is 3.01. The van der Waals surface area contributed by atoms with Crippen LogP contribution in [0.4, 0.5) is 0 Å². The molecule has 0 aliphatic carbocycles. The fourth-order valence-corrected chi connectivity index (χ4v) is 3.01. The molecule has 2 nitrogen and oxygen atoms in total. The van der Waals surface area contributed by atoms with Gasteiger partial charge in [0.15, 0.2) is 0 Å². The molecule has 94 valence electrons. The lowest BCUT2D eigenvalue weighted by atomic mass is 9.74. The van der Waals surface area contributed by atoms with Gasteiger partial charge < -0.3 is 4.90 Å². The molecule has 0 spiro atoms. The number of nitrogens with zero attached hydrogens (tertiary/aromatic N) is 2. The molecule has 1 aliphatic heterocycles. The fraction of sp³-hybridized carbons (Fsp3) is 0.929. The molecule has 0 amide bonds. The van der Waals surface area contributed by atoms with Crippen molar-refractivity contribution in [1.82, 2.24) is 4.90 Å². The second-order valence-electron chi connectivity index (χ2n) is 5.42. The molecule has 0 radical (unpaired) electrons. The summed E-state index contributed by atoms with van der Waals surface area (Å²) in [6.07, 6.45) is 3.96. The van der Waals surface area contributed by atoms with Gasteiger partial charge in [-0.25, -0.2) is 0 Å². The molecule has 1 heterocycles. The van der Waals surface area contributed by atoms with Gasteiger partial charge in [-0.1, -0.05) is 20.3 Å². The molecule has 16 heavy (non-hydrogen) atoms. The Labute approximate surface area is 101 Å². The van der Waals surface area contributed by atoms with Crippen LogP contribution in [0.15, 0.2) is 4.99 Å². The minimum absolute atomic E-state index is 0.712. The third-order valence-corrected chi connectivity index (χ3v) is 4.36. The van der Waals surface area contributed by atoms with E-state index in [4.69, 9.17) is 0 Å². The first-order valence-corrected chi connectivity index (χ1v) is 6.72. The molecule has 1 fully saturated rings. The summed E-state index contributed by atoms with van der Waals surface area (Å²) < 4.78 is 0. The van der Waals surface area contributed by atoms with Crippen molar-refractivity contribution >= 4 is 5.71 Å². The first-order valence-electron chi connectivity index (χ1n) is 6.72. The van der Waals surface area contributed by atoms with E-state index in [1.807, 2.05) is 7.05 Å². The van der Waals surface area contributed by atoms with Crippen molar-refractivity contribution in [3.8, 4) is 0 Å². The van der Waals surface area contributed by atoms with Gasteiger partial charge in [-0.15, -0.1) is 0 Å². The zero-order valence-corrected chi connectivity index (χ0v) is 11.7. The monoisotopic (exact) mass is 224 g/mol. The Morgan fingerprint density at radius 1 is 1.38 bits per heavy atom. The molecule has 0 bridgehead atoms. The van der Waals surface area contributed by atoms with Crippen LogP contribution in [-0.4, -0.2) is 37.8 Å². The average Bonchev–Trinajstić information content (AvgIpc) is 2.31. The van der Waals surface area contributed by atoms with Crippen LogP contribution < -0.4 is 0 Å². The van der Waals surface area contributed by atoms with Gasteiger partial charge in [0.2, 0.25) is 0 Å². The molecular formula is C14H28N2. The van der Waals surface area contributed by atoms with Gasteiger partial charge in [-0.2, -0.15) is 0 Å². The van der Waals surface area contributed by atoms with Crippen LogP contribution in [0.5, 0.6) is 0 Å². The second kappa shape index (κ2) is 6.39. The second-order valence-corrected chi connectivity index (χ2v) is 5.42. The van der Waals surface area contributed by atoms with Crippen molar-refractivity contribution in [2.45, 2.75) is 40.0 Å². The molecule has 0 aromatic rings. The largest absolute Gasteiger partial charge is 0.306 e. The normalized spacial score (nSPS) is 24.4. The summed E-state index contributed by atoms with van der Waals surface area (Å²) in [7, 11) is 4.18. The van der Waals surface area contributed by atoms with Crippen LogP contribution in [-0.2, 0) is 0 Å². The maximum atomic E-state index is 4.46. The van der Waals surface area contributed by atoms with Gasteiger partial charge in [0.1, 0.15) is 0 Å². The summed E-state index contributed by atoms with van der Waals surface area (Å²) in [4.78, 5) is 6.90. The summed E-state index contributed by atoms with van der Waals surface area (Å²) >= 11 is 0. The topological polar surface area (TPSA) is 15.6 Å². The lowest BCUT2D eigenvalue weighted by Gasteiger charge is -2.37. The molecular weight excluding hydrogens is 196 g/mol. The third kappa shape index (κ3) is 3.31. The smallest absolute Gasteiger partial charge is 0.0276 e. The Kier molecular flexibility index (Phi) is 5.47. The highest BCUT2D eigenvalue weighted by atomic mass is 15.1. The van der Waals surface area contributed by atoms with Gasteiger partial charge in [-0.05, 0) is 51.7 Å². The van der Waals surface area contributed by atoms with Crippen LogP contribution in [0.1, 0.15) is 40.0 Å². The van der Waals surface area contributed by atoms with Gasteiger partial charge in [0.25, 0.3) is 0 Å². The van der Waals surface area contributed by atoms with Crippen molar-refractivity contribution in [3.63, 3.8) is 0 Å². The average molecular weight is 224 g/mol. The molecule has 2 heteroatoms. The van der Waals surface area contributed by atoms with E-state index < -0.39 is 0 Å². The van der Waals surface area contributed by atoms with E-state index in [0.29, 0.717) is 5.92 Å². The van der Waals surface area contributed by atoms with Gasteiger partial charge in [0.05, 0.1) is 0 Å². The summed E-state index contributed by atoms with van der Waals surface area (Å²) in [6.45, 7) is 9.42. The molecule has 2 atom stereocenters. The molecule has 1 saturated heterocycles. The number of hydrogen-bond donors (Lipinski definition) is 0. The van der Waals surface area contributed by atoms with E-state index in [1.165, 1.54) is 38.1 Å². The van der Waals surface area contributed by atoms with Crippen molar-refractivity contribution in [2.75, 3.05) is 27.2 Å². The molecule has 0 saturated carbocycles. The maximum Gasteiger partial charge on any atom is 0.0276 e. The SMILES string of the molecule is CCC(C)C(C(C)=NC)C1CCN(C)CC1. The predicted molar refractivity (Wildman–Crippen MR) is 72.2 cm³/mol. The highest BCUT2D eigenvalue weighted by Crippen LogP contribution is 2.32. The van der Waals surface area contributed by atoms with Crippen molar-refractivity contribution in [2.24, 2.45) is 22.7 Å². The molecule has 2 unspecified atom stereocenters. The molecule has 1 rings (SSSR count). The van der Waals surface area contributed by atoms with Crippen molar-refractivity contribution in [1.29, 1.82) is 0 Å². The molecule has 0 aromatic heterocycles. The zero-order valence-electron chi connectivity index (χ0n) is 11.7. The first kappa shape index (κ1) is 13.7. The Hall–Kier alpha value is -0.370. The standard InChI is InChI=1S/C14H28N2/c1-6-11(2)14(12(3)15-4)13-7-9-16(5)10-8-13/h11,13-14H,6-10H2,1-5H3. The third-order valence-electron chi connectivity index (χ3n) is 4.36. The molecule has 1 aliphatic rings. The number of piperidine rings is 1. The highest BCUT2D eigenvalue weighted by molar-refractivity contribution is 5.84. The van der Waals surface area contributed by atoms with Crippen LogP contribution in [0.25, 0.3) is 0 Å². The zero-order chi connectivity index (χ0) is 12.1. The van der Waals surface area contributed by atoms with Gasteiger partial charge in [0, 0.05) is 18.7 Å². The highest BCUT2D eigenvalue weighted by Gasteiger charge is 2.30. The minimum atomic E-state index is 0.712. The van der Waals surface area contributed by atoms with Crippen molar-refractivity contribution in [3.05, 3.63) is 0 Å². The number of aliphatic imine (C=N–C) groups is 1. The Morgan fingerprint density at radius 3 is 2.38 bits per heavy atom. The van der Waals surface area contributed by atoms with E-state index in [2.05, 4.69) is 37.7 Å². The van der Waals surface area contributed by atoms with E-state index in [-0.39, 0.29) is 0 Å². The summed E-state index contributed by atoms with van der Waals surface area (Å²) in [6, 6.07) is 0. The lowest BCUT2D eigenvalue weighted by Crippen LogP contribution is -2.37. The predicted octanol–water partition coefficient (Wildman–Crippen LogP) is 3.08. The van der Waals surface area contributed by atoms with Crippen LogP contribution in [0.3, 0.4) is 0 Å². The number of likely N-dealkylation sites (tertiary alicyclic amines) is 1. The van der Waals surface area contributed by atoms with E-state index in [0.717, 1.165) is 11.8 Å². The summed E-state index contributed by atoms with van der Waals surface area (Å²) in [5, 5.41) is 0. The van der Waals surface area contributed by atoms with E-state index >= 15 is 0 Å². The molecule has 0 aromatic carbocycles. The Balaban J connectivity index is 2.69. The van der Waals surface area contributed by atoms with Crippen molar-refractivity contribution < 1.29 is 0 Å². The number of hydrogen-bond acceptors (Lipinski definition) is 2. The molecule has 0 N–H and O–H groups in total. The van der Waals surface area contributed by atoms with Crippen LogP contribution in [0.2, 0.25) is 0 Å². The Morgan fingerprint density at radius 2 is 1.94 bits per heavy atom. The maximum absolute atomic E-state index is 4.46. The lowest BCUT2D eigenvalue weighted by molar-refractivity contribution is 0.170. The van der Waals surface area contributed by atoms with Gasteiger partial charge in [-0.3, -0.25) is 4.99 Å².